The molecule has 6 atom stereocenters. The van der Waals surface area contributed by atoms with Crippen LogP contribution in [0.15, 0.2) is 0 Å². The van der Waals surface area contributed by atoms with Gasteiger partial charge in [0.25, 0.3) is 0 Å². The lowest BCUT2D eigenvalue weighted by Crippen LogP contribution is -2.52. The lowest BCUT2D eigenvalue weighted by Gasteiger charge is -2.46. The summed E-state index contributed by atoms with van der Waals surface area (Å²) in [5.74, 6) is -0.792. The van der Waals surface area contributed by atoms with Gasteiger partial charge in [-0.05, 0) is 67.2 Å². The van der Waals surface area contributed by atoms with Gasteiger partial charge in [-0.2, -0.15) is 0 Å². The van der Waals surface area contributed by atoms with E-state index in [4.69, 9.17) is 5.11 Å². The topological polar surface area (TPSA) is 188 Å². The molecule has 10 nitrogen and oxygen atoms in total. The smallest absolute Gasteiger partial charge is 0.308 e. The van der Waals surface area contributed by atoms with Gasteiger partial charge in [-0.15, -0.1) is 0 Å². The molecule has 6 unspecified atom stereocenters. The average Bonchev–Trinajstić information content (AvgIpc) is 2.66. The van der Waals surface area contributed by atoms with E-state index in [1.54, 1.807) is 0 Å². The van der Waals surface area contributed by atoms with E-state index in [9.17, 15) is 40.5 Å². The minimum Gasteiger partial charge on any atom is -0.439 e. The second-order valence-corrected chi connectivity index (χ2v) is 9.76. The van der Waals surface area contributed by atoms with E-state index in [0.717, 1.165) is 0 Å². The molecule has 8 N–H and O–H groups in total. The van der Waals surface area contributed by atoms with E-state index >= 15 is 0 Å². The molecule has 0 saturated carbocycles. The summed E-state index contributed by atoms with van der Waals surface area (Å²) in [5, 5.41) is 81.8. The number of hydrogen-bond donors (Lipinski definition) is 8. The number of ether oxygens (including phenoxy) is 1. The van der Waals surface area contributed by atoms with Crippen molar-refractivity contribution in [1.29, 1.82) is 0 Å². The summed E-state index contributed by atoms with van der Waals surface area (Å²) in [5.41, 5.74) is -3.91. The Labute approximate surface area is 196 Å². The van der Waals surface area contributed by atoms with Crippen LogP contribution >= 0.6 is 0 Å². The third-order valence-electron chi connectivity index (χ3n) is 7.92. The number of carbonyl (C=O) groups is 1. The van der Waals surface area contributed by atoms with Gasteiger partial charge in [0.1, 0.15) is 0 Å². The van der Waals surface area contributed by atoms with Crippen LogP contribution < -0.4 is 0 Å². The van der Waals surface area contributed by atoms with Gasteiger partial charge in [0.2, 0.25) is 0 Å². The zero-order valence-corrected chi connectivity index (χ0v) is 20.8. The van der Waals surface area contributed by atoms with Gasteiger partial charge in [0.05, 0.1) is 43.0 Å². The van der Waals surface area contributed by atoms with E-state index in [2.05, 4.69) is 4.74 Å². The molecule has 0 aliphatic rings. The first-order chi connectivity index (χ1) is 15.1. The molecule has 0 saturated heterocycles. The number of hydrogen-bond acceptors (Lipinski definition) is 10. The van der Waals surface area contributed by atoms with Crippen molar-refractivity contribution >= 4 is 5.97 Å². The zero-order chi connectivity index (χ0) is 26.2. The molecule has 0 aliphatic carbocycles. The molecule has 10 heteroatoms. The van der Waals surface area contributed by atoms with Crippen molar-refractivity contribution in [1.82, 2.24) is 0 Å². The van der Waals surface area contributed by atoms with E-state index in [1.165, 1.54) is 41.5 Å². The highest BCUT2D eigenvalue weighted by Gasteiger charge is 2.49. The minimum atomic E-state index is -1.35. The molecule has 0 aromatic carbocycles. The summed E-state index contributed by atoms with van der Waals surface area (Å²) in [4.78, 5) is 12.3. The molecular weight excluding hydrogens is 436 g/mol. The molecule has 0 aromatic rings. The van der Waals surface area contributed by atoms with Gasteiger partial charge in [-0.3, -0.25) is 4.79 Å². The maximum Gasteiger partial charge on any atom is 0.308 e. The molecule has 0 heterocycles. The van der Waals surface area contributed by atoms with E-state index in [-0.39, 0.29) is 32.1 Å². The Balaban J connectivity index is 6.24. The van der Waals surface area contributed by atoms with Crippen molar-refractivity contribution < 1.29 is 50.4 Å². The summed E-state index contributed by atoms with van der Waals surface area (Å²) < 4.78 is 4.66. The third kappa shape index (κ3) is 7.32. The van der Waals surface area contributed by atoms with E-state index < -0.39 is 72.2 Å². The number of aliphatic hydroxyl groups excluding tert-OH is 8. The van der Waals surface area contributed by atoms with Crippen molar-refractivity contribution in [2.75, 3.05) is 13.4 Å². The molecule has 0 aromatic heterocycles. The van der Waals surface area contributed by atoms with Crippen molar-refractivity contribution in [2.45, 2.75) is 110 Å². The van der Waals surface area contributed by atoms with Crippen molar-refractivity contribution in [3.8, 4) is 0 Å². The van der Waals surface area contributed by atoms with E-state index in [0.29, 0.717) is 0 Å². The molecule has 198 valence electrons. The van der Waals surface area contributed by atoms with Gasteiger partial charge in [-0.25, -0.2) is 0 Å². The highest BCUT2D eigenvalue weighted by Crippen LogP contribution is 2.46. The predicted octanol–water partition coefficient (Wildman–Crippen LogP) is -0.334. The van der Waals surface area contributed by atoms with Crippen molar-refractivity contribution in [3.05, 3.63) is 0 Å². The number of aliphatic hydroxyl groups is 8. The Morgan fingerprint density at radius 1 is 0.636 bits per heavy atom. The van der Waals surface area contributed by atoms with Crippen LogP contribution in [0.4, 0.5) is 0 Å². The molecule has 33 heavy (non-hydrogen) atoms. The quantitative estimate of drug-likeness (QED) is 0.107. The van der Waals surface area contributed by atoms with Gasteiger partial charge in [0.15, 0.2) is 6.79 Å². The van der Waals surface area contributed by atoms with Crippen LogP contribution in [0.1, 0.15) is 73.6 Å². The number of carbonyl (C=O) groups excluding carboxylic acids is 1. The van der Waals surface area contributed by atoms with Crippen LogP contribution in [-0.2, 0) is 9.53 Å². The maximum atomic E-state index is 12.3. The van der Waals surface area contributed by atoms with E-state index in [1.807, 2.05) is 0 Å². The Kier molecular flexibility index (Phi) is 13.0. The fourth-order valence-electron chi connectivity index (χ4n) is 5.26. The third-order valence-corrected chi connectivity index (χ3v) is 7.92. The first-order valence-electron chi connectivity index (χ1n) is 11.5. The largest absolute Gasteiger partial charge is 0.439 e. The molecule has 0 amide bonds. The molecule has 0 spiro atoms. The highest BCUT2D eigenvalue weighted by atomic mass is 16.6. The number of rotatable bonds is 16. The molecule has 0 rings (SSSR count). The number of esters is 1. The second-order valence-electron chi connectivity index (χ2n) is 9.76. The van der Waals surface area contributed by atoms with Gasteiger partial charge >= 0.3 is 5.97 Å². The van der Waals surface area contributed by atoms with Gasteiger partial charge in [-0.1, -0.05) is 0 Å². The minimum absolute atomic E-state index is 0.0258. The van der Waals surface area contributed by atoms with Crippen molar-refractivity contribution in [2.24, 2.45) is 16.2 Å². The molecule has 0 bridgehead atoms. The fourth-order valence-corrected chi connectivity index (χ4v) is 5.26. The second kappa shape index (κ2) is 13.3. The highest BCUT2D eigenvalue weighted by molar-refractivity contribution is 5.70. The molecule has 0 fully saturated rings. The Morgan fingerprint density at radius 3 is 1.15 bits per heavy atom. The summed E-state index contributed by atoms with van der Waals surface area (Å²) in [6.45, 7) is 7.29. The standard InChI is InChI=1S/C23H46O10/c1-14(26)22(15(2)27,16(3)28)9-7-21(12-24,11-20(32)33-13-25)8-10-23(17(4)29,18(5)30)19(6)31/h14-19,24-31H,7-13H2,1-6H3. The Bertz CT molecular complexity index is 492. The maximum absolute atomic E-state index is 12.3. The molecule has 0 radical (unpaired) electrons. The first-order valence-corrected chi connectivity index (χ1v) is 11.5. The van der Waals surface area contributed by atoms with Gasteiger partial charge in [0, 0.05) is 22.9 Å². The van der Waals surface area contributed by atoms with Crippen LogP contribution in [-0.4, -0.2) is 96.8 Å². The fraction of sp³-hybridized carbons (Fsp3) is 0.957. The predicted molar refractivity (Wildman–Crippen MR) is 121 cm³/mol. The Hall–Kier alpha value is -0.850. The lowest BCUT2D eigenvalue weighted by atomic mass is 9.62. The van der Waals surface area contributed by atoms with Crippen LogP contribution in [0.5, 0.6) is 0 Å². The first kappa shape index (κ1) is 32.1. The molecule has 0 aliphatic heterocycles. The Morgan fingerprint density at radius 2 is 0.939 bits per heavy atom. The van der Waals surface area contributed by atoms with Crippen LogP contribution in [0.3, 0.4) is 0 Å². The monoisotopic (exact) mass is 482 g/mol. The average molecular weight is 483 g/mol. The van der Waals surface area contributed by atoms with Gasteiger partial charge < -0.3 is 45.6 Å². The normalized spacial score (nSPS) is 23.2. The summed E-state index contributed by atoms with van der Waals surface area (Å²) in [6, 6.07) is 0. The summed E-state index contributed by atoms with van der Waals surface area (Å²) in [7, 11) is 0. The van der Waals surface area contributed by atoms with Crippen molar-refractivity contribution in [3.63, 3.8) is 0 Å². The SMILES string of the molecule is CC(O)C(CCC(CO)(CCC(C(C)O)(C(C)O)C(C)O)CC(=O)OCO)(C(C)O)C(C)O. The zero-order valence-electron chi connectivity index (χ0n) is 20.8. The van der Waals surface area contributed by atoms with Crippen LogP contribution in [0.2, 0.25) is 0 Å². The van der Waals surface area contributed by atoms with Crippen LogP contribution in [0, 0.1) is 16.2 Å². The summed E-state index contributed by atoms with van der Waals surface area (Å²) in [6.07, 6.45) is -6.90. The lowest BCUT2D eigenvalue weighted by molar-refractivity contribution is -0.159. The molecular formula is C23H46O10. The summed E-state index contributed by atoms with van der Waals surface area (Å²) >= 11 is 0. The van der Waals surface area contributed by atoms with Crippen LogP contribution in [0.25, 0.3) is 0 Å².